The highest BCUT2D eigenvalue weighted by Crippen LogP contribution is 2.32. The van der Waals surface area contributed by atoms with Crippen LogP contribution in [-0.4, -0.2) is 21.2 Å². The van der Waals surface area contributed by atoms with E-state index in [9.17, 15) is 14.3 Å². The molecule has 6 heteroatoms. The van der Waals surface area contributed by atoms with Gasteiger partial charge in [-0.25, -0.2) is 9.18 Å². The maximum atomic E-state index is 14.5. The molecule has 5 nitrogen and oxygen atoms in total. The van der Waals surface area contributed by atoms with E-state index >= 15 is 0 Å². The predicted octanol–water partition coefficient (Wildman–Crippen LogP) is 4.78. The lowest BCUT2D eigenvalue weighted by Crippen LogP contribution is -2.04. The molecule has 26 heavy (non-hydrogen) atoms. The lowest BCUT2D eigenvalue weighted by Gasteiger charge is -2.09. The van der Waals surface area contributed by atoms with Crippen LogP contribution in [0.15, 0.2) is 22.7 Å². The molecule has 2 aromatic carbocycles. The maximum Gasteiger partial charge on any atom is 0.336 e. The molecule has 0 aliphatic heterocycles. The van der Waals surface area contributed by atoms with Crippen LogP contribution >= 0.6 is 0 Å². The Bertz CT molecular complexity index is 1040. The second kappa shape index (κ2) is 6.37. The van der Waals surface area contributed by atoms with Crippen molar-refractivity contribution in [2.75, 3.05) is 0 Å². The summed E-state index contributed by atoms with van der Waals surface area (Å²) >= 11 is 0. The Labute approximate surface area is 150 Å². The van der Waals surface area contributed by atoms with Crippen molar-refractivity contribution in [2.45, 2.75) is 34.6 Å². The SMILES string of the molecule is Cc1cc(F)c(-c2nc(-c3ccc(C)c(C(=O)O)c3C)no2)c(C)c1C. The van der Waals surface area contributed by atoms with Gasteiger partial charge in [-0.3, -0.25) is 0 Å². The standard InChI is InChI=1S/C20H19FN2O3/c1-9-6-7-14(13(5)16(9)20(24)25)18-22-19(26-23-18)17-12(4)11(3)10(2)8-15(17)21/h6-8H,1-5H3,(H,24,25). The molecule has 134 valence electrons. The molecule has 0 aliphatic carbocycles. The van der Waals surface area contributed by atoms with E-state index in [1.807, 2.05) is 20.8 Å². The molecule has 0 unspecified atom stereocenters. The number of aryl methyl sites for hydroxylation is 2. The average molecular weight is 354 g/mol. The van der Waals surface area contributed by atoms with Crippen molar-refractivity contribution < 1.29 is 18.8 Å². The van der Waals surface area contributed by atoms with Crippen LogP contribution in [0.3, 0.4) is 0 Å². The summed E-state index contributed by atoms with van der Waals surface area (Å²) in [5, 5.41) is 13.4. The third kappa shape index (κ3) is 2.77. The summed E-state index contributed by atoms with van der Waals surface area (Å²) in [4.78, 5) is 15.8. The highest BCUT2D eigenvalue weighted by molar-refractivity contribution is 5.93. The number of aromatic carboxylic acids is 1. The minimum atomic E-state index is -1.01. The molecule has 0 radical (unpaired) electrons. The zero-order valence-corrected chi connectivity index (χ0v) is 15.3. The molecule has 0 spiro atoms. The van der Waals surface area contributed by atoms with Gasteiger partial charge >= 0.3 is 5.97 Å². The topological polar surface area (TPSA) is 76.2 Å². The zero-order chi connectivity index (χ0) is 19.2. The lowest BCUT2D eigenvalue weighted by molar-refractivity contribution is 0.0695. The highest BCUT2D eigenvalue weighted by atomic mass is 19.1. The first-order chi connectivity index (χ1) is 12.2. The minimum Gasteiger partial charge on any atom is -0.478 e. The summed E-state index contributed by atoms with van der Waals surface area (Å²) in [6.45, 7) is 9.00. The molecule has 1 heterocycles. The Kier molecular flexibility index (Phi) is 4.36. The summed E-state index contributed by atoms with van der Waals surface area (Å²) < 4.78 is 19.8. The number of nitrogens with zero attached hydrogens (tertiary/aromatic N) is 2. The molecule has 0 atom stereocenters. The first-order valence-electron chi connectivity index (χ1n) is 8.16. The summed E-state index contributed by atoms with van der Waals surface area (Å²) in [5.41, 5.74) is 4.78. The van der Waals surface area contributed by atoms with Crippen LogP contribution in [0.5, 0.6) is 0 Å². The molecule has 0 saturated heterocycles. The van der Waals surface area contributed by atoms with Gasteiger partial charge in [-0.2, -0.15) is 4.98 Å². The monoisotopic (exact) mass is 354 g/mol. The molecule has 0 amide bonds. The predicted molar refractivity (Wildman–Crippen MR) is 95.8 cm³/mol. The second-order valence-corrected chi connectivity index (χ2v) is 6.46. The van der Waals surface area contributed by atoms with Crippen molar-refractivity contribution in [3.8, 4) is 22.8 Å². The number of carboxylic acid groups (broad SMARTS) is 1. The first kappa shape index (κ1) is 17.8. The van der Waals surface area contributed by atoms with Crippen LogP contribution in [0, 0.1) is 40.4 Å². The molecule has 1 N–H and O–H groups in total. The van der Waals surface area contributed by atoms with Gasteiger partial charge in [0.2, 0.25) is 5.82 Å². The van der Waals surface area contributed by atoms with Gasteiger partial charge in [0.15, 0.2) is 0 Å². The van der Waals surface area contributed by atoms with E-state index in [4.69, 9.17) is 4.52 Å². The van der Waals surface area contributed by atoms with Crippen LogP contribution < -0.4 is 0 Å². The number of rotatable bonds is 3. The van der Waals surface area contributed by atoms with Crippen LogP contribution in [0.25, 0.3) is 22.8 Å². The van der Waals surface area contributed by atoms with Gasteiger partial charge in [-0.05, 0) is 68.5 Å². The largest absolute Gasteiger partial charge is 0.478 e. The summed E-state index contributed by atoms with van der Waals surface area (Å²) in [5.74, 6) is -1.12. The number of aromatic nitrogens is 2. The number of hydrogen-bond donors (Lipinski definition) is 1. The Hall–Kier alpha value is -3.02. The third-order valence-corrected chi connectivity index (χ3v) is 4.88. The van der Waals surface area contributed by atoms with Gasteiger partial charge in [-0.15, -0.1) is 0 Å². The van der Waals surface area contributed by atoms with Crippen LogP contribution in [0.4, 0.5) is 4.39 Å². The van der Waals surface area contributed by atoms with Crippen molar-refractivity contribution in [3.05, 3.63) is 57.4 Å². The number of halogens is 1. The molecule has 0 aliphatic rings. The van der Waals surface area contributed by atoms with Crippen LogP contribution in [0.2, 0.25) is 0 Å². The number of carboxylic acids is 1. The highest BCUT2D eigenvalue weighted by Gasteiger charge is 2.22. The van der Waals surface area contributed by atoms with E-state index in [1.165, 1.54) is 6.07 Å². The fourth-order valence-corrected chi connectivity index (χ4v) is 3.15. The molecule has 0 fully saturated rings. The van der Waals surface area contributed by atoms with Gasteiger partial charge in [0, 0.05) is 5.56 Å². The smallest absolute Gasteiger partial charge is 0.336 e. The number of hydrogen-bond acceptors (Lipinski definition) is 4. The fourth-order valence-electron chi connectivity index (χ4n) is 3.15. The van der Waals surface area contributed by atoms with Gasteiger partial charge in [0.05, 0.1) is 11.1 Å². The van der Waals surface area contributed by atoms with Crippen LogP contribution in [-0.2, 0) is 0 Å². The molecule has 0 saturated carbocycles. The molecule has 3 rings (SSSR count). The van der Waals surface area contributed by atoms with Crippen molar-refractivity contribution >= 4 is 5.97 Å². The fraction of sp³-hybridized carbons (Fsp3) is 0.250. The second-order valence-electron chi connectivity index (χ2n) is 6.46. The molecule has 3 aromatic rings. The van der Waals surface area contributed by atoms with Gasteiger partial charge < -0.3 is 9.63 Å². The van der Waals surface area contributed by atoms with Gasteiger partial charge in [0.25, 0.3) is 5.89 Å². The van der Waals surface area contributed by atoms with Gasteiger partial charge in [0.1, 0.15) is 5.82 Å². The Morgan fingerprint density at radius 3 is 2.38 bits per heavy atom. The molecule has 0 bridgehead atoms. The first-order valence-corrected chi connectivity index (χ1v) is 8.16. The van der Waals surface area contributed by atoms with E-state index in [1.54, 1.807) is 26.0 Å². The van der Waals surface area contributed by atoms with E-state index in [2.05, 4.69) is 10.1 Å². The average Bonchev–Trinajstić information content (AvgIpc) is 3.01. The maximum absolute atomic E-state index is 14.5. The summed E-state index contributed by atoms with van der Waals surface area (Å²) in [7, 11) is 0. The normalized spacial score (nSPS) is 11.0. The van der Waals surface area contributed by atoms with Crippen molar-refractivity contribution in [3.63, 3.8) is 0 Å². The van der Waals surface area contributed by atoms with Crippen molar-refractivity contribution in [2.24, 2.45) is 0 Å². The lowest BCUT2D eigenvalue weighted by atomic mass is 9.97. The zero-order valence-electron chi connectivity index (χ0n) is 15.3. The van der Waals surface area contributed by atoms with Crippen LogP contribution in [0.1, 0.15) is 38.2 Å². The van der Waals surface area contributed by atoms with E-state index in [0.717, 1.165) is 16.7 Å². The van der Waals surface area contributed by atoms with E-state index in [0.29, 0.717) is 16.7 Å². The Morgan fingerprint density at radius 1 is 1.04 bits per heavy atom. The van der Waals surface area contributed by atoms with E-state index in [-0.39, 0.29) is 22.8 Å². The minimum absolute atomic E-state index is 0.0787. The quantitative estimate of drug-likeness (QED) is 0.732. The van der Waals surface area contributed by atoms with Gasteiger partial charge in [-0.1, -0.05) is 17.3 Å². The Morgan fingerprint density at radius 2 is 1.73 bits per heavy atom. The summed E-state index contributed by atoms with van der Waals surface area (Å²) in [6, 6.07) is 4.89. The number of benzene rings is 2. The molecular weight excluding hydrogens is 335 g/mol. The van der Waals surface area contributed by atoms with Crippen molar-refractivity contribution in [1.82, 2.24) is 10.1 Å². The van der Waals surface area contributed by atoms with E-state index < -0.39 is 11.8 Å². The van der Waals surface area contributed by atoms with Crippen molar-refractivity contribution in [1.29, 1.82) is 0 Å². The molecular formula is C20H19FN2O3. The number of carbonyl (C=O) groups is 1. The Balaban J connectivity index is 2.15. The molecule has 1 aromatic heterocycles. The third-order valence-electron chi connectivity index (χ3n) is 4.88. The summed E-state index contributed by atoms with van der Waals surface area (Å²) in [6.07, 6.45) is 0.